The van der Waals surface area contributed by atoms with E-state index in [-0.39, 0.29) is 17.3 Å². The Bertz CT molecular complexity index is 1450. The fraction of sp³-hybridized carbons (Fsp3) is 0.333. The fourth-order valence-corrected chi connectivity index (χ4v) is 5.83. The maximum atomic E-state index is 14.0. The lowest BCUT2D eigenvalue weighted by molar-refractivity contribution is -0.139. The minimum atomic E-state index is -4.12. The summed E-state index contributed by atoms with van der Waals surface area (Å²) in [5.41, 5.74) is 2.75. The molecule has 0 aliphatic carbocycles. The molecule has 10 heteroatoms. The van der Waals surface area contributed by atoms with Crippen molar-refractivity contribution in [2.24, 2.45) is 0 Å². The van der Waals surface area contributed by atoms with Crippen LogP contribution in [0.5, 0.6) is 0 Å². The average molecular weight is 605 g/mol. The van der Waals surface area contributed by atoms with Crippen molar-refractivity contribution in [3.63, 3.8) is 0 Å². The number of aryl methyl sites for hydroxylation is 2. The van der Waals surface area contributed by atoms with Gasteiger partial charge in [-0.05, 0) is 74.7 Å². The fourth-order valence-electron chi connectivity index (χ4n) is 4.10. The normalized spacial score (nSPS) is 12.1. The van der Waals surface area contributed by atoms with Crippen LogP contribution in [0, 0.1) is 13.8 Å². The van der Waals surface area contributed by atoms with Crippen molar-refractivity contribution in [2.75, 3.05) is 17.4 Å². The number of hydrogen-bond donors (Lipinski definition) is 1. The topological polar surface area (TPSA) is 86.8 Å². The van der Waals surface area contributed by atoms with Gasteiger partial charge in [0.25, 0.3) is 10.0 Å². The molecule has 0 fully saturated rings. The van der Waals surface area contributed by atoms with Gasteiger partial charge in [-0.25, -0.2) is 8.42 Å². The van der Waals surface area contributed by atoms with Gasteiger partial charge in [0.2, 0.25) is 11.8 Å². The first-order chi connectivity index (χ1) is 18.9. The summed E-state index contributed by atoms with van der Waals surface area (Å²) in [6.07, 6.45) is 1.71. The van der Waals surface area contributed by atoms with Gasteiger partial charge in [0.05, 0.1) is 20.6 Å². The number of carbonyl (C=O) groups is 2. The first kappa shape index (κ1) is 31.5. The molecular formula is C30H35Cl2N3O4S. The Balaban J connectivity index is 2.01. The third-order valence-electron chi connectivity index (χ3n) is 6.51. The zero-order valence-electron chi connectivity index (χ0n) is 23.2. The van der Waals surface area contributed by atoms with Gasteiger partial charge in [0.1, 0.15) is 12.6 Å². The molecule has 0 radical (unpaired) electrons. The van der Waals surface area contributed by atoms with Crippen LogP contribution in [0.25, 0.3) is 0 Å². The van der Waals surface area contributed by atoms with Crippen molar-refractivity contribution in [2.45, 2.75) is 58.0 Å². The molecule has 0 aromatic heterocycles. The summed E-state index contributed by atoms with van der Waals surface area (Å²) in [5.74, 6) is -0.869. The van der Waals surface area contributed by atoms with E-state index < -0.39 is 28.5 Å². The zero-order valence-corrected chi connectivity index (χ0v) is 25.5. The molecule has 40 heavy (non-hydrogen) atoms. The Labute approximate surface area is 247 Å². The van der Waals surface area contributed by atoms with Crippen LogP contribution in [0.1, 0.15) is 43.4 Å². The highest BCUT2D eigenvalue weighted by Gasteiger charge is 2.32. The van der Waals surface area contributed by atoms with Gasteiger partial charge in [-0.3, -0.25) is 13.9 Å². The van der Waals surface area contributed by atoms with Crippen molar-refractivity contribution in [1.82, 2.24) is 10.2 Å². The molecule has 7 nitrogen and oxygen atoms in total. The molecule has 3 aromatic carbocycles. The molecule has 0 aliphatic heterocycles. The maximum Gasteiger partial charge on any atom is 0.264 e. The second-order valence-electron chi connectivity index (χ2n) is 9.75. The molecule has 1 unspecified atom stereocenters. The van der Waals surface area contributed by atoms with E-state index in [2.05, 4.69) is 5.32 Å². The number of nitrogens with zero attached hydrogens (tertiary/aromatic N) is 2. The highest BCUT2D eigenvalue weighted by Crippen LogP contribution is 2.27. The van der Waals surface area contributed by atoms with Gasteiger partial charge in [0, 0.05) is 13.1 Å². The van der Waals surface area contributed by atoms with Crippen molar-refractivity contribution >= 4 is 50.7 Å². The number of carbonyl (C=O) groups excluding carboxylic acids is 2. The van der Waals surface area contributed by atoms with Crippen LogP contribution in [-0.2, 0) is 26.2 Å². The second-order valence-corrected chi connectivity index (χ2v) is 12.4. The molecule has 0 heterocycles. The number of sulfonamides is 1. The molecular weight excluding hydrogens is 569 g/mol. The highest BCUT2D eigenvalue weighted by atomic mass is 35.5. The molecule has 0 aliphatic rings. The molecule has 2 amide bonds. The number of halogens is 2. The monoisotopic (exact) mass is 603 g/mol. The van der Waals surface area contributed by atoms with E-state index in [0.29, 0.717) is 27.8 Å². The number of nitrogens with one attached hydrogen (secondary N) is 1. The number of benzene rings is 3. The van der Waals surface area contributed by atoms with E-state index in [1.54, 1.807) is 55.5 Å². The van der Waals surface area contributed by atoms with Gasteiger partial charge >= 0.3 is 0 Å². The molecule has 3 rings (SSSR count). The Hall–Kier alpha value is -3.07. The van der Waals surface area contributed by atoms with E-state index in [1.165, 1.54) is 17.0 Å². The predicted octanol–water partition coefficient (Wildman–Crippen LogP) is 6.14. The lowest BCUT2D eigenvalue weighted by atomic mass is 10.1. The van der Waals surface area contributed by atoms with Crippen molar-refractivity contribution in [1.29, 1.82) is 0 Å². The average Bonchev–Trinajstić information content (AvgIpc) is 2.92. The minimum absolute atomic E-state index is 0.0321. The number of hydrogen-bond acceptors (Lipinski definition) is 4. The quantitative estimate of drug-likeness (QED) is 0.252. The summed E-state index contributed by atoms with van der Waals surface area (Å²) in [5, 5.41) is 3.55. The lowest BCUT2D eigenvalue weighted by Crippen LogP contribution is -2.51. The highest BCUT2D eigenvalue weighted by molar-refractivity contribution is 7.92. The van der Waals surface area contributed by atoms with E-state index in [4.69, 9.17) is 23.2 Å². The third kappa shape index (κ3) is 7.99. The van der Waals surface area contributed by atoms with Crippen molar-refractivity contribution in [3.8, 4) is 0 Å². The van der Waals surface area contributed by atoms with Crippen LogP contribution in [0.4, 0.5) is 5.69 Å². The van der Waals surface area contributed by atoms with Gasteiger partial charge < -0.3 is 10.2 Å². The molecule has 0 saturated carbocycles. The number of anilines is 1. The van der Waals surface area contributed by atoms with E-state index in [0.717, 1.165) is 28.3 Å². The van der Waals surface area contributed by atoms with Crippen LogP contribution in [0.2, 0.25) is 10.0 Å². The van der Waals surface area contributed by atoms with Gasteiger partial charge in [-0.2, -0.15) is 0 Å². The van der Waals surface area contributed by atoms with Gasteiger partial charge in [-0.15, -0.1) is 0 Å². The molecule has 214 valence electrons. The van der Waals surface area contributed by atoms with Crippen LogP contribution in [0.3, 0.4) is 0 Å². The number of unbranched alkanes of at least 4 members (excludes halogenated alkanes) is 1. The summed E-state index contributed by atoms with van der Waals surface area (Å²) < 4.78 is 28.8. The summed E-state index contributed by atoms with van der Waals surface area (Å²) in [4.78, 5) is 28.4. The van der Waals surface area contributed by atoms with Crippen LogP contribution >= 0.6 is 23.2 Å². The summed E-state index contributed by atoms with van der Waals surface area (Å²) in [6.45, 7) is 7.36. The predicted molar refractivity (Wildman–Crippen MR) is 161 cm³/mol. The van der Waals surface area contributed by atoms with Gasteiger partial charge in [0.15, 0.2) is 0 Å². The Morgan fingerprint density at radius 3 is 2.25 bits per heavy atom. The summed E-state index contributed by atoms with van der Waals surface area (Å²) >= 11 is 12.3. The standard InChI is InChI=1S/C30H35Cl2N3O4S/c1-5-6-16-33-30(37)23(4)34(19-24-12-15-27(31)28(32)18-24)29(36)20-35(25-9-7-8-22(3)17-25)40(38,39)26-13-10-21(2)11-14-26/h7-15,17-18,23H,5-6,16,19-20H2,1-4H3,(H,33,37). The molecule has 0 bridgehead atoms. The Morgan fingerprint density at radius 1 is 0.925 bits per heavy atom. The van der Waals surface area contributed by atoms with E-state index in [1.807, 2.05) is 26.8 Å². The lowest BCUT2D eigenvalue weighted by Gasteiger charge is -2.32. The van der Waals surface area contributed by atoms with Crippen molar-refractivity contribution in [3.05, 3.63) is 93.5 Å². The smallest absolute Gasteiger partial charge is 0.264 e. The van der Waals surface area contributed by atoms with Crippen molar-refractivity contribution < 1.29 is 18.0 Å². The molecule has 0 spiro atoms. The number of rotatable bonds is 12. The zero-order chi connectivity index (χ0) is 29.4. The Morgan fingerprint density at radius 2 is 1.62 bits per heavy atom. The SMILES string of the molecule is CCCCNC(=O)C(C)N(Cc1ccc(Cl)c(Cl)c1)C(=O)CN(c1cccc(C)c1)S(=O)(=O)c1ccc(C)cc1. The maximum absolute atomic E-state index is 14.0. The van der Waals surface area contributed by atoms with E-state index in [9.17, 15) is 18.0 Å². The molecule has 1 atom stereocenters. The third-order valence-corrected chi connectivity index (χ3v) is 9.04. The van der Waals surface area contributed by atoms with Crippen LogP contribution < -0.4 is 9.62 Å². The minimum Gasteiger partial charge on any atom is -0.354 e. The molecule has 3 aromatic rings. The molecule has 0 saturated heterocycles. The largest absolute Gasteiger partial charge is 0.354 e. The molecule has 1 N–H and O–H groups in total. The summed E-state index contributed by atoms with van der Waals surface area (Å²) in [6, 6.07) is 17.5. The first-order valence-electron chi connectivity index (χ1n) is 13.1. The number of amides is 2. The second kappa shape index (κ2) is 14.0. The summed E-state index contributed by atoms with van der Waals surface area (Å²) in [7, 11) is -4.12. The van der Waals surface area contributed by atoms with Gasteiger partial charge in [-0.1, -0.05) is 72.4 Å². The van der Waals surface area contributed by atoms with E-state index >= 15 is 0 Å². The first-order valence-corrected chi connectivity index (χ1v) is 15.3. The van der Waals surface area contributed by atoms with Crippen LogP contribution in [0.15, 0.2) is 71.6 Å². The van der Waals surface area contributed by atoms with Crippen LogP contribution in [-0.4, -0.2) is 44.3 Å². The Kier molecular flexibility index (Phi) is 11.0.